The van der Waals surface area contributed by atoms with Crippen molar-refractivity contribution in [1.29, 1.82) is 0 Å². The number of ether oxygens (including phenoxy) is 1. The third-order valence-corrected chi connectivity index (χ3v) is 2.36. The fraction of sp³-hybridized carbons (Fsp3) is 0.600. The molecule has 0 aliphatic heterocycles. The Morgan fingerprint density at radius 1 is 1.39 bits per heavy atom. The molecule has 0 aromatic carbocycles. The van der Waals surface area contributed by atoms with Gasteiger partial charge in [-0.25, -0.2) is 4.98 Å². The topological polar surface area (TPSA) is 47.0 Å². The molecule has 0 atom stereocenters. The number of alkyl halides is 3. The second-order valence-electron chi connectivity index (χ2n) is 3.55. The summed E-state index contributed by atoms with van der Waals surface area (Å²) in [4.78, 5) is 7.72. The van der Waals surface area contributed by atoms with Gasteiger partial charge in [-0.05, 0) is 12.8 Å². The predicted octanol–water partition coefficient (Wildman–Crippen LogP) is 3.28. The molecule has 102 valence electrons. The fourth-order valence-electron chi connectivity index (χ4n) is 1.23. The highest BCUT2D eigenvalue weighted by atomic mass is 35.5. The molecule has 0 radical (unpaired) electrons. The molecule has 0 saturated heterocycles. The number of nitrogens with one attached hydrogen (secondary N) is 1. The van der Waals surface area contributed by atoms with Gasteiger partial charge in [0.25, 0.3) is 0 Å². The lowest BCUT2D eigenvalue weighted by atomic mass is 10.2. The quantitative estimate of drug-likeness (QED) is 0.814. The van der Waals surface area contributed by atoms with Crippen LogP contribution in [0.25, 0.3) is 0 Å². The number of anilines is 1. The zero-order valence-corrected chi connectivity index (χ0v) is 10.5. The van der Waals surface area contributed by atoms with Crippen molar-refractivity contribution in [3.8, 4) is 6.01 Å². The summed E-state index contributed by atoms with van der Waals surface area (Å²) in [6.45, 7) is 0.357. The number of methoxy groups -OCH3 is 1. The van der Waals surface area contributed by atoms with Crippen molar-refractivity contribution in [3.05, 3.63) is 11.2 Å². The van der Waals surface area contributed by atoms with Crippen LogP contribution in [0, 0.1) is 0 Å². The molecule has 0 spiro atoms. The molecule has 1 heterocycles. The Morgan fingerprint density at radius 3 is 2.72 bits per heavy atom. The summed E-state index contributed by atoms with van der Waals surface area (Å²) in [6.07, 6.45) is -3.07. The van der Waals surface area contributed by atoms with Gasteiger partial charge >= 0.3 is 12.2 Å². The number of rotatable bonds is 6. The van der Waals surface area contributed by atoms with E-state index in [4.69, 9.17) is 16.3 Å². The first-order valence-corrected chi connectivity index (χ1v) is 5.67. The molecule has 4 nitrogen and oxygen atoms in total. The molecule has 0 fully saturated rings. The van der Waals surface area contributed by atoms with Gasteiger partial charge in [0, 0.05) is 13.0 Å². The third-order valence-electron chi connectivity index (χ3n) is 2.08. The van der Waals surface area contributed by atoms with Gasteiger partial charge < -0.3 is 10.1 Å². The molecule has 8 heteroatoms. The van der Waals surface area contributed by atoms with E-state index < -0.39 is 12.6 Å². The van der Waals surface area contributed by atoms with Crippen molar-refractivity contribution in [2.75, 3.05) is 19.0 Å². The number of unbranched alkanes of at least 4 members (excludes halogenated alkanes) is 1. The van der Waals surface area contributed by atoms with Crippen LogP contribution in [0.15, 0.2) is 6.20 Å². The number of aromatic nitrogens is 2. The van der Waals surface area contributed by atoms with E-state index in [1.807, 2.05) is 0 Å². The van der Waals surface area contributed by atoms with Crippen LogP contribution in [0.3, 0.4) is 0 Å². The second-order valence-corrected chi connectivity index (χ2v) is 3.96. The Hall–Kier alpha value is -1.24. The molecule has 0 aliphatic carbocycles. The maximum atomic E-state index is 11.9. The molecule has 1 N–H and O–H groups in total. The van der Waals surface area contributed by atoms with E-state index in [1.54, 1.807) is 0 Å². The maximum Gasteiger partial charge on any atom is 0.389 e. The molecule has 18 heavy (non-hydrogen) atoms. The third kappa shape index (κ3) is 5.39. The number of nitrogens with zero attached hydrogens (tertiary/aromatic N) is 2. The van der Waals surface area contributed by atoms with Crippen molar-refractivity contribution in [1.82, 2.24) is 9.97 Å². The lowest BCUT2D eigenvalue weighted by Crippen LogP contribution is -2.09. The summed E-state index contributed by atoms with van der Waals surface area (Å²) >= 11 is 5.82. The molecular weight excluding hydrogens is 271 g/mol. The molecule has 1 rings (SSSR count). The summed E-state index contributed by atoms with van der Waals surface area (Å²) in [5.74, 6) is 0.357. The first kappa shape index (κ1) is 14.8. The van der Waals surface area contributed by atoms with Crippen LogP contribution in [0.5, 0.6) is 6.01 Å². The summed E-state index contributed by atoms with van der Waals surface area (Å²) in [6, 6.07) is 0.150. The van der Waals surface area contributed by atoms with E-state index in [0.29, 0.717) is 23.8 Å². The van der Waals surface area contributed by atoms with Crippen molar-refractivity contribution in [2.45, 2.75) is 25.4 Å². The van der Waals surface area contributed by atoms with Gasteiger partial charge in [-0.2, -0.15) is 18.2 Å². The van der Waals surface area contributed by atoms with E-state index in [1.165, 1.54) is 13.3 Å². The minimum absolute atomic E-state index is 0.0658. The molecule has 0 saturated carbocycles. The van der Waals surface area contributed by atoms with Crippen molar-refractivity contribution < 1.29 is 17.9 Å². The van der Waals surface area contributed by atoms with Crippen LogP contribution >= 0.6 is 11.6 Å². The Bertz CT molecular complexity index is 387. The van der Waals surface area contributed by atoms with Gasteiger partial charge in [0.1, 0.15) is 5.02 Å². The number of hydrogen-bond donors (Lipinski definition) is 1. The van der Waals surface area contributed by atoms with Crippen LogP contribution in [-0.2, 0) is 0 Å². The molecule has 1 aromatic rings. The average Bonchev–Trinajstić information content (AvgIpc) is 2.29. The molecule has 1 aromatic heterocycles. The lowest BCUT2D eigenvalue weighted by Gasteiger charge is -2.09. The first-order chi connectivity index (χ1) is 8.42. The molecule has 0 unspecified atom stereocenters. The summed E-state index contributed by atoms with van der Waals surface area (Å²) in [7, 11) is 1.41. The highest BCUT2D eigenvalue weighted by Gasteiger charge is 2.25. The minimum atomic E-state index is -4.10. The van der Waals surface area contributed by atoms with E-state index in [2.05, 4.69) is 15.3 Å². The van der Waals surface area contributed by atoms with Gasteiger partial charge in [-0.15, -0.1) is 0 Å². The highest BCUT2D eigenvalue weighted by molar-refractivity contribution is 6.32. The van der Waals surface area contributed by atoms with Gasteiger partial charge in [-0.3, -0.25) is 0 Å². The van der Waals surface area contributed by atoms with Crippen LogP contribution in [0.4, 0.5) is 19.0 Å². The monoisotopic (exact) mass is 283 g/mol. The predicted molar refractivity (Wildman–Crippen MR) is 62.0 cm³/mol. The van der Waals surface area contributed by atoms with Gasteiger partial charge in [0.15, 0.2) is 5.82 Å². The van der Waals surface area contributed by atoms with Crippen molar-refractivity contribution >= 4 is 17.4 Å². The van der Waals surface area contributed by atoms with Crippen LogP contribution in [-0.4, -0.2) is 29.8 Å². The van der Waals surface area contributed by atoms with Crippen molar-refractivity contribution in [2.24, 2.45) is 0 Å². The first-order valence-electron chi connectivity index (χ1n) is 5.29. The van der Waals surface area contributed by atoms with E-state index >= 15 is 0 Å². The summed E-state index contributed by atoms with van der Waals surface area (Å²) in [5, 5.41) is 3.14. The zero-order chi connectivity index (χ0) is 13.6. The molecule has 0 bridgehead atoms. The van der Waals surface area contributed by atoms with Gasteiger partial charge in [-0.1, -0.05) is 11.6 Å². The molecule has 0 aliphatic rings. The van der Waals surface area contributed by atoms with E-state index in [9.17, 15) is 13.2 Å². The summed E-state index contributed by atoms with van der Waals surface area (Å²) < 4.78 is 40.5. The summed E-state index contributed by atoms with van der Waals surface area (Å²) in [5.41, 5.74) is 0. The Balaban J connectivity index is 2.35. The normalized spacial score (nSPS) is 11.4. The lowest BCUT2D eigenvalue weighted by molar-refractivity contribution is -0.135. The largest absolute Gasteiger partial charge is 0.467 e. The minimum Gasteiger partial charge on any atom is -0.467 e. The van der Waals surface area contributed by atoms with Crippen LogP contribution < -0.4 is 10.1 Å². The smallest absolute Gasteiger partial charge is 0.389 e. The molecular formula is C10H13ClF3N3O. The Morgan fingerprint density at radius 2 is 2.11 bits per heavy atom. The standard InChI is InChI=1S/C10H13ClF3N3O/c1-18-9-16-6-7(11)8(17-9)15-5-3-2-4-10(12,13)14/h6H,2-5H2,1H3,(H,15,16,17). The van der Waals surface area contributed by atoms with Crippen LogP contribution in [0.2, 0.25) is 5.02 Å². The van der Waals surface area contributed by atoms with E-state index in [0.717, 1.165) is 0 Å². The maximum absolute atomic E-state index is 11.9. The Labute approximate surface area is 108 Å². The SMILES string of the molecule is COc1ncc(Cl)c(NCCCCC(F)(F)F)n1. The van der Waals surface area contributed by atoms with Gasteiger partial charge in [0.2, 0.25) is 0 Å². The second kappa shape index (κ2) is 6.63. The molecule has 0 amide bonds. The number of halogens is 4. The highest BCUT2D eigenvalue weighted by Crippen LogP contribution is 2.23. The van der Waals surface area contributed by atoms with Gasteiger partial charge in [0.05, 0.1) is 13.3 Å². The fourth-order valence-corrected chi connectivity index (χ4v) is 1.39. The Kier molecular flexibility index (Phi) is 5.46. The van der Waals surface area contributed by atoms with Crippen molar-refractivity contribution in [3.63, 3.8) is 0 Å². The van der Waals surface area contributed by atoms with Crippen LogP contribution in [0.1, 0.15) is 19.3 Å². The number of hydrogen-bond acceptors (Lipinski definition) is 4. The average molecular weight is 284 g/mol. The zero-order valence-electron chi connectivity index (χ0n) is 9.72. The van der Waals surface area contributed by atoms with E-state index in [-0.39, 0.29) is 12.4 Å².